The van der Waals surface area contributed by atoms with Crippen molar-refractivity contribution in [2.75, 3.05) is 0 Å². The Balaban J connectivity index is 1.92. The van der Waals surface area contributed by atoms with Crippen LogP contribution < -0.4 is 5.32 Å². The molecule has 4 nitrogen and oxygen atoms in total. The van der Waals surface area contributed by atoms with Crippen molar-refractivity contribution in [3.05, 3.63) is 65.2 Å². The molecule has 3 rings (SSSR count). The molecule has 0 saturated carbocycles. The molecule has 1 fully saturated rings. The molecular formula is C19H22N2O2. The van der Waals surface area contributed by atoms with E-state index in [9.17, 15) is 10.3 Å². The summed E-state index contributed by atoms with van der Waals surface area (Å²) in [6, 6.07) is 15.8. The first-order valence-corrected chi connectivity index (χ1v) is 7.91. The third kappa shape index (κ3) is 3.22. The van der Waals surface area contributed by atoms with E-state index < -0.39 is 0 Å². The van der Waals surface area contributed by atoms with Crippen LogP contribution >= 0.6 is 0 Å². The topological polar surface area (TPSA) is 64.8 Å². The predicted octanol–water partition coefficient (Wildman–Crippen LogP) is 3.94. The molecule has 0 radical (unpaired) electrons. The first kappa shape index (κ1) is 15.6. The van der Waals surface area contributed by atoms with E-state index in [0.717, 1.165) is 11.3 Å². The van der Waals surface area contributed by atoms with Crippen LogP contribution in [0.4, 0.5) is 0 Å². The number of aromatic hydroxyl groups is 1. The number of phenols is 1. The van der Waals surface area contributed by atoms with Crippen molar-refractivity contribution in [1.29, 1.82) is 0 Å². The Labute approximate surface area is 136 Å². The van der Waals surface area contributed by atoms with Crippen molar-refractivity contribution in [3.63, 3.8) is 0 Å². The van der Waals surface area contributed by atoms with Crippen LogP contribution in [0.2, 0.25) is 0 Å². The molecule has 0 spiro atoms. The number of nitrogens with zero attached hydrogens (tertiary/aromatic N) is 1. The maximum absolute atomic E-state index is 9.47. The Bertz CT molecular complexity index is 692. The average molecular weight is 310 g/mol. The van der Waals surface area contributed by atoms with E-state index in [0.29, 0.717) is 6.42 Å². The molecule has 1 aliphatic rings. The fraction of sp³-hybridized carbons (Fsp3) is 0.316. The molecule has 1 aliphatic heterocycles. The number of aryl methyl sites for hydroxylation is 1. The van der Waals surface area contributed by atoms with Crippen LogP contribution in [0, 0.1) is 12.8 Å². The lowest BCUT2D eigenvalue weighted by atomic mass is 9.81. The highest BCUT2D eigenvalue weighted by Crippen LogP contribution is 2.35. The van der Waals surface area contributed by atoms with Crippen molar-refractivity contribution in [1.82, 2.24) is 5.32 Å². The van der Waals surface area contributed by atoms with Gasteiger partial charge in [0.2, 0.25) is 0 Å². The van der Waals surface area contributed by atoms with Gasteiger partial charge >= 0.3 is 0 Å². The Kier molecular flexibility index (Phi) is 4.35. The van der Waals surface area contributed by atoms with Gasteiger partial charge in [0.25, 0.3) is 0 Å². The molecule has 0 bridgehead atoms. The maximum atomic E-state index is 9.47. The molecule has 3 atom stereocenters. The molecule has 3 N–H and O–H groups in total. The summed E-state index contributed by atoms with van der Waals surface area (Å²) in [5.74, 6) is 0.375. The van der Waals surface area contributed by atoms with E-state index in [1.165, 1.54) is 11.1 Å². The number of benzene rings is 2. The van der Waals surface area contributed by atoms with Gasteiger partial charge in [0.15, 0.2) is 0 Å². The smallest absolute Gasteiger partial charge is 0.115 e. The lowest BCUT2D eigenvalue weighted by Gasteiger charge is -2.37. The summed E-state index contributed by atoms with van der Waals surface area (Å²) in [6.07, 6.45) is 0.658. The van der Waals surface area contributed by atoms with Gasteiger partial charge in [-0.15, -0.1) is 0 Å². The summed E-state index contributed by atoms with van der Waals surface area (Å²) in [4.78, 5) is 0. The zero-order valence-electron chi connectivity index (χ0n) is 13.4. The van der Waals surface area contributed by atoms with E-state index in [2.05, 4.69) is 48.6 Å². The fourth-order valence-electron chi connectivity index (χ4n) is 3.22. The molecule has 120 valence electrons. The van der Waals surface area contributed by atoms with Gasteiger partial charge in [-0.05, 0) is 30.2 Å². The Morgan fingerprint density at radius 2 is 1.61 bits per heavy atom. The van der Waals surface area contributed by atoms with E-state index >= 15 is 0 Å². The maximum Gasteiger partial charge on any atom is 0.115 e. The minimum absolute atomic E-state index is 0.0593. The summed E-state index contributed by atoms with van der Waals surface area (Å²) >= 11 is 0. The van der Waals surface area contributed by atoms with Crippen molar-refractivity contribution < 1.29 is 10.3 Å². The van der Waals surface area contributed by atoms with Gasteiger partial charge in [-0.3, -0.25) is 0 Å². The standard InChI is InChI=1S/C19H22N2O2/c1-12-3-5-15(6-4-12)19-13(2)17(21-23)11-18(20-19)14-7-9-16(22)10-8-14/h3-10,13,18-20,22-23H,11H2,1-2H3/b21-17+. The van der Waals surface area contributed by atoms with E-state index in [1.807, 2.05) is 12.1 Å². The first-order valence-electron chi connectivity index (χ1n) is 7.91. The van der Waals surface area contributed by atoms with Crippen LogP contribution in [-0.4, -0.2) is 16.0 Å². The van der Waals surface area contributed by atoms with Crippen LogP contribution in [0.25, 0.3) is 0 Å². The third-order valence-electron chi connectivity index (χ3n) is 4.68. The molecular weight excluding hydrogens is 288 g/mol. The van der Waals surface area contributed by atoms with Crippen LogP contribution in [0.1, 0.15) is 42.1 Å². The SMILES string of the molecule is Cc1ccc(C2NC(c3ccc(O)cc3)C/C(=N\O)C2C)cc1. The summed E-state index contributed by atoms with van der Waals surface area (Å²) < 4.78 is 0. The van der Waals surface area contributed by atoms with Crippen LogP contribution in [-0.2, 0) is 0 Å². The highest BCUT2D eigenvalue weighted by atomic mass is 16.4. The Morgan fingerprint density at radius 1 is 1.00 bits per heavy atom. The third-order valence-corrected chi connectivity index (χ3v) is 4.68. The van der Waals surface area contributed by atoms with E-state index in [4.69, 9.17) is 0 Å². The number of hydrogen-bond acceptors (Lipinski definition) is 4. The molecule has 2 aromatic carbocycles. The number of hydrogen-bond donors (Lipinski definition) is 3. The monoisotopic (exact) mass is 310 g/mol. The lowest BCUT2D eigenvalue weighted by molar-refractivity contribution is 0.294. The van der Waals surface area contributed by atoms with Crippen LogP contribution in [0.3, 0.4) is 0 Å². The molecule has 0 aliphatic carbocycles. The number of oxime groups is 1. The van der Waals surface area contributed by atoms with Crippen molar-refractivity contribution in [2.24, 2.45) is 11.1 Å². The van der Waals surface area contributed by atoms with Gasteiger partial charge in [-0.1, -0.05) is 54.0 Å². The second-order valence-electron chi connectivity index (χ2n) is 6.28. The molecule has 0 aromatic heterocycles. The Hall–Kier alpha value is -2.33. The van der Waals surface area contributed by atoms with Gasteiger partial charge < -0.3 is 15.6 Å². The summed E-state index contributed by atoms with van der Waals surface area (Å²) in [5, 5.41) is 26.1. The number of nitrogens with one attached hydrogen (secondary N) is 1. The fourth-order valence-corrected chi connectivity index (χ4v) is 3.22. The second kappa shape index (κ2) is 6.42. The molecule has 23 heavy (non-hydrogen) atoms. The zero-order valence-corrected chi connectivity index (χ0v) is 13.4. The molecule has 2 aromatic rings. The highest BCUT2D eigenvalue weighted by molar-refractivity contribution is 5.88. The van der Waals surface area contributed by atoms with Crippen LogP contribution in [0.15, 0.2) is 53.7 Å². The largest absolute Gasteiger partial charge is 0.508 e. The lowest BCUT2D eigenvalue weighted by Crippen LogP contribution is -2.41. The normalized spacial score (nSPS) is 26.3. The van der Waals surface area contributed by atoms with E-state index in [1.54, 1.807) is 12.1 Å². The summed E-state index contributed by atoms with van der Waals surface area (Å²) in [6.45, 7) is 4.15. The molecule has 1 heterocycles. The average Bonchev–Trinajstić information content (AvgIpc) is 2.57. The van der Waals surface area contributed by atoms with Gasteiger partial charge in [0.05, 0.1) is 5.71 Å². The second-order valence-corrected chi connectivity index (χ2v) is 6.28. The van der Waals surface area contributed by atoms with Crippen molar-refractivity contribution >= 4 is 5.71 Å². The Morgan fingerprint density at radius 3 is 2.22 bits per heavy atom. The highest BCUT2D eigenvalue weighted by Gasteiger charge is 2.33. The number of rotatable bonds is 2. The first-order chi connectivity index (χ1) is 11.1. The summed E-state index contributed by atoms with van der Waals surface area (Å²) in [7, 11) is 0. The number of piperidine rings is 1. The van der Waals surface area contributed by atoms with Gasteiger partial charge in [0.1, 0.15) is 5.75 Å². The predicted molar refractivity (Wildman–Crippen MR) is 90.9 cm³/mol. The van der Waals surface area contributed by atoms with Gasteiger partial charge in [-0.25, -0.2) is 0 Å². The minimum Gasteiger partial charge on any atom is -0.508 e. The molecule has 4 heteroatoms. The van der Waals surface area contributed by atoms with Crippen molar-refractivity contribution in [2.45, 2.75) is 32.4 Å². The molecule has 1 saturated heterocycles. The zero-order chi connectivity index (χ0) is 16.4. The van der Waals surface area contributed by atoms with Crippen molar-refractivity contribution in [3.8, 4) is 5.75 Å². The quantitative estimate of drug-likeness (QED) is 0.581. The van der Waals surface area contributed by atoms with E-state index in [-0.39, 0.29) is 23.8 Å². The number of phenolic OH excluding ortho intramolecular Hbond substituents is 1. The van der Waals surface area contributed by atoms with Gasteiger partial charge in [-0.2, -0.15) is 0 Å². The minimum atomic E-state index is 0.0593. The van der Waals surface area contributed by atoms with Gasteiger partial charge in [0, 0.05) is 24.4 Å². The molecule has 3 unspecified atom stereocenters. The molecule has 0 amide bonds. The summed E-state index contributed by atoms with van der Waals surface area (Å²) in [5.41, 5.74) is 4.29. The van der Waals surface area contributed by atoms with Crippen LogP contribution in [0.5, 0.6) is 5.75 Å².